The van der Waals surface area contributed by atoms with Crippen LogP contribution in [0.4, 0.5) is 0 Å². The van der Waals surface area contributed by atoms with Gasteiger partial charge < -0.3 is 10.1 Å². The predicted molar refractivity (Wildman–Crippen MR) is 67.8 cm³/mol. The molecule has 2 nitrogen and oxygen atoms in total. The molecule has 2 aliphatic heterocycles. The fourth-order valence-corrected chi connectivity index (χ4v) is 2.32. The van der Waals surface area contributed by atoms with Crippen LogP contribution in [0.25, 0.3) is 0 Å². The maximum Gasteiger partial charge on any atom is 0.103 e. The SMILES string of the molecule is C=C(Cl)/C(Cl)=C\C=C(/C)C12CNC(CO1)C2. The molecule has 0 aromatic carbocycles. The van der Waals surface area contributed by atoms with E-state index in [4.69, 9.17) is 27.9 Å². The fraction of sp³-hybridized carbons (Fsp3) is 0.500. The van der Waals surface area contributed by atoms with Crippen LogP contribution in [0, 0.1) is 0 Å². The summed E-state index contributed by atoms with van der Waals surface area (Å²) in [5.74, 6) is 0. The number of hydrogen-bond acceptors (Lipinski definition) is 2. The van der Waals surface area contributed by atoms with E-state index in [1.165, 1.54) is 5.57 Å². The van der Waals surface area contributed by atoms with E-state index in [0.29, 0.717) is 16.1 Å². The lowest BCUT2D eigenvalue weighted by atomic mass is 9.93. The summed E-state index contributed by atoms with van der Waals surface area (Å²) in [7, 11) is 0. The maximum atomic E-state index is 5.89. The first-order valence-corrected chi connectivity index (χ1v) is 6.06. The van der Waals surface area contributed by atoms with E-state index in [0.717, 1.165) is 19.6 Å². The normalized spacial score (nSPS) is 34.6. The molecule has 0 spiro atoms. The van der Waals surface area contributed by atoms with Crippen molar-refractivity contribution in [3.63, 3.8) is 0 Å². The first kappa shape index (κ1) is 12.2. The van der Waals surface area contributed by atoms with Gasteiger partial charge >= 0.3 is 0 Å². The van der Waals surface area contributed by atoms with Gasteiger partial charge in [-0.2, -0.15) is 0 Å². The zero-order chi connectivity index (χ0) is 11.8. The van der Waals surface area contributed by atoms with Crippen LogP contribution in [0.2, 0.25) is 0 Å². The Morgan fingerprint density at radius 2 is 2.25 bits per heavy atom. The van der Waals surface area contributed by atoms with Gasteiger partial charge in [0, 0.05) is 12.6 Å². The summed E-state index contributed by atoms with van der Waals surface area (Å²) >= 11 is 11.6. The number of allylic oxidation sites excluding steroid dienone is 4. The predicted octanol–water partition coefficient (Wildman–Crippen LogP) is 2.94. The zero-order valence-corrected chi connectivity index (χ0v) is 10.7. The first-order valence-electron chi connectivity index (χ1n) is 5.30. The molecule has 0 aromatic rings. The standard InChI is InChI=1S/C12H15Cl2NO/c1-8(3-4-11(14)9(2)13)12-5-10(6-16-12)15-7-12/h3-4,10,15H,2,5-7H2,1H3/b8-3+,11-4+. The van der Waals surface area contributed by atoms with E-state index in [9.17, 15) is 0 Å². The average molecular weight is 260 g/mol. The van der Waals surface area contributed by atoms with E-state index in [1.54, 1.807) is 6.08 Å². The van der Waals surface area contributed by atoms with Gasteiger partial charge in [0.15, 0.2) is 0 Å². The van der Waals surface area contributed by atoms with Gasteiger partial charge in [0.2, 0.25) is 0 Å². The smallest absolute Gasteiger partial charge is 0.103 e. The topological polar surface area (TPSA) is 21.3 Å². The van der Waals surface area contributed by atoms with Crippen molar-refractivity contribution in [3.8, 4) is 0 Å². The van der Waals surface area contributed by atoms with Crippen LogP contribution in [0.5, 0.6) is 0 Å². The monoisotopic (exact) mass is 259 g/mol. The second-order valence-corrected chi connectivity index (χ2v) is 5.22. The quantitative estimate of drug-likeness (QED) is 0.788. The number of morpholine rings is 1. The molecule has 2 bridgehead atoms. The largest absolute Gasteiger partial charge is 0.368 e. The van der Waals surface area contributed by atoms with Gasteiger partial charge in [-0.15, -0.1) is 0 Å². The highest BCUT2D eigenvalue weighted by molar-refractivity contribution is 6.43. The van der Waals surface area contributed by atoms with Crippen LogP contribution in [-0.4, -0.2) is 24.8 Å². The van der Waals surface area contributed by atoms with Crippen LogP contribution in [0.1, 0.15) is 13.3 Å². The van der Waals surface area contributed by atoms with Gasteiger partial charge in [-0.05, 0) is 25.0 Å². The Hall–Kier alpha value is -0.280. The number of ether oxygens (including phenoxy) is 1. The van der Waals surface area contributed by atoms with Crippen LogP contribution in [0.3, 0.4) is 0 Å². The highest BCUT2D eigenvalue weighted by Crippen LogP contribution is 2.37. The zero-order valence-electron chi connectivity index (χ0n) is 9.22. The molecule has 2 heterocycles. The maximum absolute atomic E-state index is 5.89. The Labute approximate surface area is 106 Å². The molecule has 0 aromatic heterocycles. The summed E-state index contributed by atoms with van der Waals surface area (Å²) in [5, 5.41) is 4.25. The molecule has 2 unspecified atom stereocenters. The minimum Gasteiger partial charge on any atom is -0.368 e. The van der Waals surface area contributed by atoms with Crippen LogP contribution in [-0.2, 0) is 4.74 Å². The number of fused-ring (bicyclic) bond motifs is 2. The number of nitrogens with one attached hydrogen (secondary N) is 1. The van der Waals surface area contributed by atoms with Gasteiger partial charge in [0.25, 0.3) is 0 Å². The Morgan fingerprint density at radius 3 is 2.69 bits per heavy atom. The molecule has 2 aliphatic rings. The second-order valence-electron chi connectivity index (χ2n) is 4.36. The summed E-state index contributed by atoms with van der Waals surface area (Å²) in [5.41, 5.74) is 1.04. The molecule has 0 radical (unpaired) electrons. The molecular formula is C12H15Cl2NO. The lowest BCUT2D eigenvalue weighted by Gasteiger charge is -2.27. The molecule has 16 heavy (non-hydrogen) atoms. The lowest BCUT2D eigenvalue weighted by Crippen LogP contribution is -2.39. The van der Waals surface area contributed by atoms with Gasteiger partial charge in [0.1, 0.15) is 5.60 Å². The highest BCUT2D eigenvalue weighted by Gasteiger charge is 2.47. The van der Waals surface area contributed by atoms with E-state index in [1.807, 2.05) is 6.08 Å². The van der Waals surface area contributed by atoms with Crippen molar-refractivity contribution >= 4 is 23.2 Å². The molecule has 2 atom stereocenters. The van der Waals surface area contributed by atoms with Crippen molar-refractivity contribution in [2.75, 3.05) is 13.2 Å². The Bertz CT molecular complexity index is 365. The molecule has 0 amide bonds. The highest BCUT2D eigenvalue weighted by atomic mass is 35.5. The summed E-state index contributed by atoms with van der Waals surface area (Å²) in [6, 6.07) is 0.505. The second kappa shape index (κ2) is 4.53. The van der Waals surface area contributed by atoms with E-state index < -0.39 is 0 Å². The van der Waals surface area contributed by atoms with Gasteiger partial charge in [0.05, 0.1) is 16.7 Å². The number of rotatable bonds is 3. The molecule has 0 saturated carbocycles. The molecular weight excluding hydrogens is 245 g/mol. The van der Waals surface area contributed by atoms with Gasteiger partial charge in [-0.25, -0.2) is 0 Å². The summed E-state index contributed by atoms with van der Waals surface area (Å²) in [4.78, 5) is 0. The third-order valence-corrected chi connectivity index (χ3v) is 3.93. The molecule has 0 aliphatic carbocycles. The van der Waals surface area contributed by atoms with E-state index >= 15 is 0 Å². The lowest BCUT2D eigenvalue weighted by molar-refractivity contribution is 0.0225. The molecule has 2 saturated heterocycles. The molecule has 4 heteroatoms. The fourth-order valence-electron chi connectivity index (χ4n) is 2.19. The molecule has 2 rings (SSSR count). The summed E-state index contributed by atoms with van der Waals surface area (Å²) in [6.45, 7) is 7.31. The van der Waals surface area contributed by atoms with Crippen LogP contribution in [0.15, 0.2) is 34.4 Å². The number of halogens is 2. The van der Waals surface area contributed by atoms with Crippen molar-refractivity contribution in [2.45, 2.75) is 25.0 Å². The summed E-state index contributed by atoms with van der Waals surface area (Å²) in [6.07, 6.45) is 4.78. The first-order chi connectivity index (χ1) is 7.53. The van der Waals surface area contributed by atoms with Crippen molar-refractivity contribution in [2.24, 2.45) is 0 Å². The number of hydrogen-bond donors (Lipinski definition) is 1. The van der Waals surface area contributed by atoms with Crippen molar-refractivity contribution in [1.82, 2.24) is 5.32 Å². The molecule has 2 fully saturated rings. The third-order valence-electron chi connectivity index (χ3n) is 3.27. The Balaban J connectivity index is 2.13. The third kappa shape index (κ3) is 2.21. The molecule has 1 N–H and O–H groups in total. The van der Waals surface area contributed by atoms with Crippen LogP contribution >= 0.6 is 23.2 Å². The van der Waals surface area contributed by atoms with E-state index in [-0.39, 0.29) is 5.60 Å². The molecule has 88 valence electrons. The van der Waals surface area contributed by atoms with E-state index in [2.05, 4.69) is 18.8 Å². The Kier molecular flexibility index (Phi) is 3.45. The Morgan fingerprint density at radius 1 is 1.50 bits per heavy atom. The van der Waals surface area contributed by atoms with Crippen LogP contribution < -0.4 is 5.32 Å². The minimum absolute atomic E-state index is 0.133. The van der Waals surface area contributed by atoms with Gasteiger partial charge in [-0.1, -0.05) is 35.9 Å². The van der Waals surface area contributed by atoms with Crippen molar-refractivity contribution < 1.29 is 4.74 Å². The van der Waals surface area contributed by atoms with Crippen molar-refractivity contribution in [3.05, 3.63) is 34.4 Å². The minimum atomic E-state index is -0.133. The van der Waals surface area contributed by atoms with Gasteiger partial charge in [-0.3, -0.25) is 0 Å². The summed E-state index contributed by atoms with van der Waals surface area (Å²) < 4.78 is 5.84. The average Bonchev–Trinajstić information content (AvgIpc) is 2.86. The van der Waals surface area contributed by atoms with Crippen molar-refractivity contribution in [1.29, 1.82) is 0 Å².